The SMILES string of the molecule is CN=C(NCCc1cccc(C(=O)NC)c1)NCCS(=O)(=O)N1CCSCC1.I. The van der Waals surface area contributed by atoms with E-state index in [1.807, 2.05) is 18.2 Å². The largest absolute Gasteiger partial charge is 0.356 e. The number of hydrogen-bond acceptors (Lipinski definition) is 5. The second kappa shape index (κ2) is 13.3. The van der Waals surface area contributed by atoms with Crippen LogP contribution in [0.4, 0.5) is 0 Å². The van der Waals surface area contributed by atoms with Gasteiger partial charge < -0.3 is 16.0 Å². The minimum atomic E-state index is -3.23. The molecular formula is C18H30IN5O3S2. The summed E-state index contributed by atoms with van der Waals surface area (Å²) in [5, 5.41) is 8.84. The third-order valence-corrected chi connectivity index (χ3v) is 7.18. The van der Waals surface area contributed by atoms with Crippen LogP contribution in [0.2, 0.25) is 0 Å². The van der Waals surface area contributed by atoms with E-state index in [0.717, 1.165) is 23.5 Å². The van der Waals surface area contributed by atoms with Crippen LogP contribution in [0.1, 0.15) is 15.9 Å². The molecule has 1 fully saturated rings. The fourth-order valence-corrected chi connectivity index (χ4v) is 5.30. The van der Waals surface area contributed by atoms with Crippen molar-refractivity contribution in [1.29, 1.82) is 0 Å². The molecule has 1 heterocycles. The van der Waals surface area contributed by atoms with Crippen LogP contribution in [0.3, 0.4) is 0 Å². The number of benzene rings is 1. The molecule has 2 rings (SSSR count). The summed E-state index contributed by atoms with van der Waals surface area (Å²) in [4.78, 5) is 15.8. The molecule has 0 spiro atoms. The number of rotatable bonds is 8. The molecule has 3 N–H and O–H groups in total. The van der Waals surface area contributed by atoms with Gasteiger partial charge in [0.1, 0.15) is 0 Å². The maximum atomic E-state index is 12.3. The van der Waals surface area contributed by atoms with Gasteiger partial charge in [-0.1, -0.05) is 12.1 Å². The third kappa shape index (κ3) is 8.69. The standard InChI is InChI=1S/C18H29N5O3S2.HI/c1-19-17(24)16-5-3-4-15(14-16)6-7-21-18(20-2)22-8-13-28(25,26)23-9-11-27-12-10-23;/h3-5,14H,6-13H2,1-2H3,(H,19,24)(H2,20,21,22);1H. The highest BCUT2D eigenvalue weighted by molar-refractivity contribution is 14.0. The van der Waals surface area contributed by atoms with Gasteiger partial charge in [0.2, 0.25) is 10.0 Å². The van der Waals surface area contributed by atoms with Crippen molar-refractivity contribution >= 4 is 57.6 Å². The number of guanidine groups is 1. The number of nitrogens with one attached hydrogen (secondary N) is 3. The van der Waals surface area contributed by atoms with E-state index in [-0.39, 0.29) is 35.6 Å². The first-order valence-electron chi connectivity index (χ1n) is 9.27. The Kier molecular flexibility index (Phi) is 11.9. The minimum absolute atomic E-state index is 0. The third-order valence-electron chi connectivity index (χ3n) is 4.36. The maximum Gasteiger partial charge on any atom is 0.251 e. The summed E-state index contributed by atoms with van der Waals surface area (Å²) in [6.45, 7) is 2.11. The van der Waals surface area contributed by atoms with Crippen molar-refractivity contribution in [3.8, 4) is 0 Å². The van der Waals surface area contributed by atoms with Gasteiger partial charge in [0.05, 0.1) is 5.75 Å². The van der Waals surface area contributed by atoms with Crippen LogP contribution in [0, 0.1) is 0 Å². The van der Waals surface area contributed by atoms with Gasteiger partial charge in [0.15, 0.2) is 5.96 Å². The second-order valence-electron chi connectivity index (χ2n) is 6.28. The van der Waals surface area contributed by atoms with E-state index in [0.29, 0.717) is 37.7 Å². The Labute approximate surface area is 194 Å². The monoisotopic (exact) mass is 555 g/mol. The predicted octanol–water partition coefficient (Wildman–Crippen LogP) is 0.750. The van der Waals surface area contributed by atoms with E-state index < -0.39 is 10.0 Å². The molecule has 1 aliphatic rings. The molecule has 0 aliphatic carbocycles. The summed E-state index contributed by atoms with van der Waals surface area (Å²) in [6.07, 6.45) is 0.718. The smallest absolute Gasteiger partial charge is 0.251 e. The van der Waals surface area contributed by atoms with E-state index in [1.165, 1.54) is 0 Å². The van der Waals surface area contributed by atoms with Gasteiger partial charge in [0.25, 0.3) is 5.91 Å². The highest BCUT2D eigenvalue weighted by Crippen LogP contribution is 2.13. The molecule has 29 heavy (non-hydrogen) atoms. The molecule has 1 aromatic carbocycles. The van der Waals surface area contributed by atoms with Gasteiger partial charge in [0, 0.05) is 57.3 Å². The lowest BCUT2D eigenvalue weighted by atomic mass is 10.1. The highest BCUT2D eigenvalue weighted by Gasteiger charge is 2.23. The molecule has 0 aromatic heterocycles. The minimum Gasteiger partial charge on any atom is -0.356 e. The Balaban J connectivity index is 0.00000420. The summed E-state index contributed by atoms with van der Waals surface area (Å²) in [5.41, 5.74) is 1.67. The zero-order chi connectivity index (χ0) is 20.4. The van der Waals surface area contributed by atoms with Gasteiger partial charge in [-0.15, -0.1) is 24.0 Å². The van der Waals surface area contributed by atoms with Gasteiger partial charge in [-0.2, -0.15) is 11.8 Å². The first-order chi connectivity index (χ1) is 13.5. The Morgan fingerprint density at radius 1 is 1.21 bits per heavy atom. The van der Waals surface area contributed by atoms with E-state index >= 15 is 0 Å². The topological polar surface area (TPSA) is 103 Å². The number of halogens is 1. The van der Waals surface area contributed by atoms with Crippen molar-refractivity contribution in [2.45, 2.75) is 6.42 Å². The van der Waals surface area contributed by atoms with Crippen LogP contribution in [0.15, 0.2) is 29.3 Å². The van der Waals surface area contributed by atoms with Crippen LogP contribution in [0.25, 0.3) is 0 Å². The lowest BCUT2D eigenvalue weighted by Crippen LogP contribution is -2.44. The molecule has 0 saturated carbocycles. The number of thioether (sulfide) groups is 1. The number of hydrogen-bond donors (Lipinski definition) is 3. The first kappa shape index (κ1) is 26.0. The van der Waals surface area contributed by atoms with E-state index in [1.54, 1.807) is 36.2 Å². The number of sulfonamides is 1. The molecule has 1 saturated heterocycles. The average Bonchev–Trinajstić information content (AvgIpc) is 2.72. The number of carbonyl (C=O) groups is 1. The Hall–Kier alpha value is -1.05. The Morgan fingerprint density at radius 3 is 2.55 bits per heavy atom. The Bertz CT molecular complexity index is 783. The lowest BCUT2D eigenvalue weighted by molar-refractivity contribution is 0.0963. The van der Waals surface area contributed by atoms with Crippen LogP contribution >= 0.6 is 35.7 Å². The molecule has 164 valence electrons. The summed E-state index contributed by atoms with van der Waals surface area (Å²) >= 11 is 1.78. The van der Waals surface area contributed by atoms with E-state index in [2.05, 4.69) is 20.9 Å². The van der Waals surface area contributed by atoms with Crippen molar-refractivity contribution in [2.24, 2.45) is 4.99 Å². The lowest BCUT2D eigenvalue weighted by Gasteiger charge is -2.25. The first-order valence-corrected chi connectivity index (χ1v) is 12.0. The van der Waals surface area contributed by atoms with Crippen molar-refractivity contribution in [2.75, 3.05) is 57.5 Å². The number of carbonyl (C=O) groups excluding carboxylic acids is 1. The maximum absolute atomic E-state index is 12.3. The molecule has 0 bridgehead atoms. The van der Waals surface area contributed by atoms with Crippen molar-refractivity contribution < 1.29 is 13.2 Å². The summed E-state index contributed by atoms with van der Waals surface area (Å²) in [6, 6.07) is 7.46. The van der Waals surface area contributed by atoms with E-state index in [9.17, 15) is 13.2 Å². The van der Waals surface area contributed by atoms with Crippen LogP contribution in [0.5, 0.6) is 0 Å². The number of aliphatic imine (C=N–C) groups is 1. The fourth-order valence-electron chi connectivity index (χ4n) is 2.81. The normalized spacial score (nSPS) is 15.3. The second-order valence-corrected chi connectivity index (χ2v) is 9.60. The van der Waals surface area contributed by atoms with Crippen LogP contribution in [-0.2, 0) is 16.4 Å². The Morgan fingerprint density at radius 2 is 1.90 bits per heavy atom. The molecule has 8 nitrogen and oxygen atoms in total. The highest BCUT2D eigenvalue weighted by atomic mass is 127. The predicted molar refractivity (Wildman–Crippen MR) is 131 cm³/mol. The van der Waals surface area contributed by atoms with Crippen molar-refractivity contribution in [3.63, 3.8) is 0 Å². The summed E-state index contributed by atoms with van der Waals surface area (Å²) in [5.74, 6) is 2.22. The van der Waals surface area contributed by atoms with Gasteiger partial charge in [-0.05, 0) is 24.1 Å². The van der Waals surface area contributed by atoms with Gasteiger partial charge >= 0.3 is 0 Å². The average molecular weight is 556 g/mol. The summed E-state index contributed by atoms with van der Waals surface area (Å²) in [7, 11) is 0.0292. The quantitative estimate of drug-likeness (QED) is 0.249. The zero-order valence-electron chi connectivity index (χ0n) is 16.8. The molecule has 0 unspecified atom stereocenters. The number of nitrogens with zero attached hydrogens (tertiary/aromatic N) is 2. The van der Waals surface area contributed by atoms with E-state index in [4.69, 9.17) is 0 Å². The molecule has 0 atom stereocenters. The van der Waals surface area contributed by atoms with Gasteiger partial charge in [-0.25, -0.2) is 12.7 Å². The molecule has 1 amide bonds. The molecule has 11 heteroatoms. The van der Waals surface area contributed by atoms with Crippen LogP contribution < -0.4 is 16.0 Å². The van der Waals surface area contributed by atoms with Crippen molar-refractivity contribution in [1.82, 2.24) is 20.3 Å². The van der Waals surface area contributed by atoms with Crippen LogP contribution in [-0.4, -0.2) is 82.1 Å². The molecule has 1 aromatic rings. The summed E-state index contributed by atoms with van der Waals surface area (Å²) < 4.78 is 26.3. The molecular weight excluding hydrogens is 525 g/mol. The van der Waals surface area contributed by atoms with Crippen molar-refractivity contribution in [3.05, 3.63) is 35.4 Å². The molecule has 0 radical (unpaired) electrons. The number of amides is 1. The van der Waals surface area contributed by atoms with Gasteiger partial charge in [-0.3, -0.25) is 9.79 Å². The zero-order valence-corrected chi connectivity index (χ0v) is 20.8. The fraction of sp³-hybridized carbons (Fsp3) is 0.556. The molecule has 1 aliphatic heterocycles.